The van der Waals surface area contributed by atoms with Gasteiger partial charge in [-0.1, -0.05) is 78.9 Å². The maximum atomic E-state index is 13.3. The molecule has 254 valence electrons. The molecular weight excluding hydrogens is 687 g/mol. The highest BCUT2D eigenvalue weighted by Crippen LogP contribution is 2.40. The van der Waals surface area contributed by atoms with E-state index < -0.39 is 24.4 Å². The summed E-state index contributed by atoms with van der Waals surface area (Å²) < 4.78 is 0. The molecule has 3 heterocycles. The van der Waals surface area contributed by atoms with Crippen LogP contribution in [-0.2, 0) is 0 Å². The topological polar surface area (TPSA) is 87.7 Å². The molecule has 0 aliphatic heterocycles. The smallest absolute Gasteiger partial charge is 0.188 e. The van der Waals surface area contributed by atoms with Gasteiger partial charge in [-0.25, -0.2) is 4.98 Å². The maximum Gasteiger partial charge on any atom is 0.188 e. The molecule has 0 amide bonds. The molecule has 0 spiro atoms. The van der Waals surface area contributed by atoms with Gasteiger partial charge in [-0.15, -0.1) is 22.7 Å². The number of para-hydroxylation sites is 4. The van der Waals surface area contributed by atoms with Gasteiger partial charge in [0.2, 0.25) is 0 Å². The number of anilines is 6. The van der Waals surface area contributed by atoms with Crippen LogP contribution < -0.4 is 9.80 Å². The van der Waals surface area contributed by atoms with Gasteiger partial charge in [0.05, 0.1) is 22.6 Å². The van der Waals surface area contributed by atoms with Crippen LogP contribution in [0.15, 0.2) is 164 Å². The minimum atomic E-state index is -0.506. The summed E-state index contributed by atoms with van der Waals surface area (Å²) in [7, 11) is 0. The first kappa shape index (κ1) is 34.2. The van der Waals surface area contributed by atoms with Crippen LogP contribution in [0.5, 0.6) is 0 Å². The molecule has 0 atom stereocenters. The van der Waals surface area contributed by atoms with Crippen molar-refractivity contribution < 1.29 is 19.2 Å². The summed E-state index contributed by atoms with van der Waals surface area (Å²) >= 11 is 2.60. The zero-order valence-electron chi connectivity index (χ0n) is 27.8. The van der Waals surface area contributed by atoms with Crippen molar-refractivity contribution in [3.63, 3.8) is 0 Å². The number of thiophene rings is 2. The molecular formula is C43H31N3O4S2. The van der Waals surface area contributed by atoms with E-state index in [4.69, 9.17) is 0 Å². The van der Waals surface area contributed by atoms with E-state index in [0.29, 0.717) is 9.75 Å². The van der Waals surface area contributed by atoms with Gasteiger partial charge >= 0.3 is 0 Å². The van der Waals surface area contributed by atoms with E-state index in [1.807, 2.05) is 133 Å². The third-order valence-corrected chi connectivity index (χ3v) is 10.4. The summed E-state index contributed by atoms with van der Waals surface area (Å²) in [4.78, 5) is 62.4. The molecule has 0 saturated carbocycles. The summed E-state index contributed by atoms with van der Waals surface area (Å²) in [5.74, 6) is -1.70. The molecule has 7 aromatic rings. The monoisotopic (exact) mass is 717 g/mol. The summed E-state index contributed by atoms with van der Waals surface area (Å²) in [6.45, 7) is 0. The fraction of sp³-hybridized carbons (Fsp3) is 0.0465. The Morgan fingerprint density at radius 3 is 1.04 bits per heavy atom. The Labute approximate surface area is 309 Å². The molecule has 0 bridgehead atoms. The van der Waals surface area contributed by atoms with E-state index in [1.165, 1.54) is 34.8 Å². The highest BCUT2D eigenvalue weighted by Gasteiger charge is 2.23. The number of nitrogens with zero attached hydrogens (tertiary/aromatic N) is 3. The summed E-state index contributed by atoms with van der Waals surface area (Å²) in [5.41, 5.74) is 3.76. The second kappa shape index (κ2) is 15.7. The average molecular weight is 718 g/mol. The second-order valence-electron chi connectivity index (χ2n) is 11.7. The quantitative estimate of drug-likeness (QED) is 0.0817. The Kier molecular flexibility index (Phi) is 10.3. The van der Waals surface area contributed by atoms with E-state index in [1.54, 1.807) is 18.2 Å². The van der Waals surface area contributed by atoms with Crippen LogP contribution in [0.25, 0.3) is 0 Å². The van der Waals surface area contributed by atoms with Crippen molar-refractivity contribution in [2.75, 3.05) is 9.80 Å². The van der Waals surface area contributed by atoms with Crippen LogP contribution in [0.3, 0.4) is 0 Å². The van der Waals surface area contributed by atoms with Crippen molar-refractivity contribution >= 4 is 78.6 Å². The van der Waals surface area contributed by atoms with Gasteiger partial charge in [0.15, 0.2) is 23.1 Å². The number of benzene rings is 4. The lowest BCUT2D eigenvalue weighted by molar-refractivity contribution is 0.0884. The summed E-state index contributed by atoms with van der Waals surface area (Å²) in [6.07, 6.45) is -0.811. The van der Waals surface area contributed by atoms with Crippen molar-refractivity contribution in [3.05, 3.63) is 185 Å². The largest absolute Gasteiger partial charge is 0.302 e. The van der Waals surface area contributed by atoms with Gasteiger partial charge in [0.1, 0.15) is 21.4 Å². The highest BCUT2D eigenvalue weighted by molar-refractivity contribution is 7.18. The maximum absolute atomic E-state index is 13.3. The van der Waals surface area contributed by atoms with Crippen LogP contribution in [0.1, 0.15) is 53.2 Å². The number of rotatable bonds is 14. The number of hydrogen-bond donors (Lipinski definition) is 0. The third kappa shape index (κ3) is 7.71. The van der Waals surface area contributed by atoms with E-state index in [0.717, 1.165) is 32.8 Å². The van der Waals surface area contributed by atoms with Crippen molar-refractivity contribution in [3.8, 4) is 0 Å². The molecule has 4 aromatic carbocycles. The number of carbonyl (C=O) groups excluding carboxylic acids is 4. The molecule has 0 unspecified atom stereocenters. The molecule has 7 rings (SSSR count). The number of aromatic nitrogens is 1. The molecule has 0 radical (unpaired) electrons. The van der Waals surface area contributed by atoms with Crippen LogP contribution in [0.4, 0.5) is 32.8 Å². The molecule has 7 nitrogen and oxygen atoms in total. The minimum absolute atomic E-state index is 0.00148. The zero-order valence-corrected chi connectivity index (χ0v) is 29.4. The summed E-state index contributed by atoms with van der Waals surface area (Å²) in [6, 6.07) is 51.1. The normalized spacial score (nSPS) is 10.8. The van der Waals surface area contributed by atoms with Gasteiger partial charge in [0, 0.05) is 22.7 Å². The number of hydrogen-bond acceptors (Lipinski definition) is 9. The van der Waals surface area contributed by atoms with Crippen LogP contribution in [0.2, 0.25) is 0 Å². The van der Waals surface area contributed by atoms with E-state index in [-0.39, 0.29) is 23.0 Å². The minimum Gasteiger partial charge on any atom is -0.302 e. The summed E-state index contributed by atoms with van der Waals surface area (Å²) in [5, 5.41) is 1.66. The highest BCUT2D eigenvalue weighted by atomic mass is 32.1. The molecule has 9 heteroatoms. The number of pyridine rings is 1. The lowest BCUT2D eigenvalue weighted by atomic mass is 10.1. The third-order valence-electron chi connectivity index (χ3n) is 8.19. The molecule has 0 fully saturated rings. The van der Waals surface area contributed by atoms with Gasteiger partial charge in [-0.05, 0) is 84.9 Å². The number of ketones is 4. The molecule has 52 heavy (non-hydrogen) atoms. The second-order valence-corrected chi connectivity index (χ2v) is 13.9. The average Bonchev–Trinajstić information content (AvgIpc) is 3.88. The lowest BCUT2D eigenvalue weighted by Crippen LogP contribution is -2.13. The first-order chi connectivity index (χ1) is 25.4. The molecule has 0 saturated heterocycles. The molecule has 3 aromatic heterocycles. The molecule has 0 N–H and O–H groups in total. The first-order valence-electron chi connectivity index (χ1n) is 16.5. The van der Waals surface area contributed by atoms with Crippen LogP contribution in [0, 0.1) is 0 Å². The van der Waals surface area contributed by atoms with E-state index >= 15 is 0 Å². The molecule has 0 aliphatic carbocycles. The van der Waals surface area contributed by atoms with Crippen molar-refractivity contribution in [1.29, 1.82) is 0 Å². The predicted octanol–water partition coefficient (Wildman–Crippen LogP) is 11.1. The van der Waals surface area contributed by atoms with Gasteiger partial charge in [-0.2, -0.15) is 0 Å². The van der Waals surface area contributed by atoms with Crippen molar-refractivity contribution in [2.24, 2.45) is 0 Å². The lowest BCUT2D eigenvalue weighted by Gasteiger charge is -2.23. The van der Waals surface area contributed by atoms with Crippen molar-refractivity contribution in [2.45, 2.75) is 12.8 Å². The molecule has 0 aliphatic rings. The fourth-order valence-corrected chi connectivity index (χ4v) is 7.67. The Hall–Kier alpha value is -6.29. The Morgan fingerprint density at radius 2 is 0.712 bits per heavy atom. The first-order valence-corrected chi connectivity index (χ1v) is 18.2. The van der Waals surface area contributed by atoms with E-state index in [2.05, 4.69) is 14.8 Å². The predicted molar refractivity (Wildman–Crippen MR) is 209 cm³/mol. The van der Waals surface area contributed by atoms with Crippen molar-refractivity contribution in [1.82, 2.24) is 4.98 Å². The fourth-order valence-electron chi connectivity index (χ4n) is 5.70. The Bertz CT molecular complexity index is 2100. The van der Waals surface area contributed by atoms with Gasteiger partial charge < -0.3 is 9.80 Å². The van der Waals surface area contributed by atoms with Crippen LogP contribution >= 0.6 is 22.7 Å². The standard InChI is InChI=1S/C43H31N3O4S2/c47-36(28-38(49)40-24-26-42(51-40)45(30-14-5-1-6-15-30)31-16-7-2-8-17-31)34-22-13-23-35(44-34)37(48)29-39(50)41-25-27-43(52-41)46(32-18-9-3-10-19-32)33-20-11-4-12-21-33/h1-27H,28-29H2. The number of carbonyl (C=O) groups is 4. The Balaban J connectivity index is 1.02. The van der Waals surface area contributed by atoms with Gasteiger partial charge in [-0.3, -0.25) is 19.2 Å². The van der Waals surface area contributed by atoms with E-state index in [9.17, 15) is 19.2 Å². The zero-order chi connectivity index (χ0) is 35.9. The Morgan fingerprint density at radius 1 is 0.385 bits per heavy atom. The number of Topliss-reactive ketones (excluding diaryl/α,β-unsaturated/α-hetero) is 4. The van der Waals surface area contributed by atoms with Crippen LogP contribution in [-0.4, -0.2) is 28.1 Å². The SMILES string of the molecule is O=C(CC(=O)c1ccc(N(c2ccccc2)c2ccccc2)s1)c1cccc(C(=O)CC(=O)c2ccc(N(c3ccccc3)c3ccccc3)s2)n1. The van der Waals surface area contributed by atoms with Gasteiger partial charge in [0.25, 0.3) is 0 Å².